The topological polar surface area (TPSA) is 38.7 Å². The van der Waals surface area contributed by atoms with Crippen LogP contribution in [0.1, 0.15) is 55.0 Å². The van der Waals surface area contributed by atoms with Crippen molar-refractivity contribution in [2.24, 2.45) is 0 Å². The molecule has 2 atom stereocenters. The number of rotatable bonds is 8. The molecule has 0 amide bonds. The number of anilines is 1. The lowest BCUT2D eigenvalue weighted by Crippen LogP contribution is -2.54. The third-order valence-electron chi connectivity index (χ3n) is 6.84. The van der Waals surface area contributed by atoms with Crippen molar-refractivity contribution in [3.8, 4) is 0 Å². The fraction of sp³-hybridized carbons (Fsp3) is 0.538. The van der Waals surface area contributed by atoms with Crippen LogP contribution >= 0.6 is 0 Å². The summed E-state index contributed by atoms with van der Waals surface area (Å²) in [6, 6.07) is 13.2. The van der Waals surface area contributed by atoms with Crippen LogP contribution in [-0.2, 0) is 13.0 Å². The number of aliphatic hydroxyl groups is 1. The first-order valence-corrected chi connectivity index (χ1v) is 11.9. The molecule has 33 heavy (non-hydrogen) atoms. The van der Waals surface area contributed by atoms with Gasteiger partial charge in [-0.15, -0.1) is 0 Å². The second kappa shape index (κ2) is 10.0. The van der Waals surface area contributed by atoms with E-state index in [1.165, 1.54) is 12.8 Å². The molecule has 0 radical (unpaired) electrons. The fourth-order valence-corrected chi connectivity index (χ4v) is 5.12. The van der Waals surface area contributed by atoms with E-state index in [9.17, 15) is 18.3 Å². The predicted octanol–water partition coefficient (Wildman–Crippen LogP) is 4.97. The Morgan fingerprint density at radius 2 is 1.82 bits per heavy atom. The molecule has 0 aliphatic carbocycles. The van der Waals surface area contributed by atoms with E-state index in [2.05, 4.69) is 17.1 Å². The van der Waals surface area contributed by atoms with Crippen molar-refractivity contribution >= 4 is 5.69 Å². The van der Waals surface area contributed by atoms with E-state index in [0.29, 0.717) is 12.5 Å². The summed E-state index contributed by atoms with van der Waals surface area (Å²) in [7, 11) is 0. The van der Waals surface area contributed by atoms with Crippen LogP contribution in [0.5, 0.6) is 0 Å². The number of halogens is 3. The SMILES string of the molecule is CCCCN1CC(Nc2ccc([C@@H]3c4ccc(CO)cc4C[C@@H](C)N3CC(F)(F)F)cc2)C1. The molecular formula is C26H34F3N3O. The highest BCUT2D eigenvalue weighted by Crippen LogP contribution is 2.40. The monoisotopic (exact) mass is 461 g/mol. The minimum Gasteiger partial charge on any atom is -0.392 e. The number of aliphatic hydroxyl groups excluding tert-OH is 1. The molecule has 2 aliphatic rings. The molecule has 0 spiro atoms. The van der Waals surface area contributed by atoms with E-state index < -0.39 is 18.8 Å². The quantitative estimate of drug-likeness (QED) is 0.582. The van der Waals surface area contributed by atoms with Gasteiger partial charge in [-0.25, -0.2) is 0 Å². The lowest BCUT2D eigenvalue weighted by molar-refractivity contribution is -0.155. The van der Waals surface area contributed by atoms with Gasteiger partial charge in [0.1, 0.15) is 0 Å². The van der Waals surface area contributed by atoms with Crippen molar-refractivity contribution in [2.45, 2.75) is 64.0 Å². The number of hydrogen-bond acceptors (Lipinski definition) is 4. The third-order valence-corrected chi connectivity index (χ3v) is 6.84. The largest absolute Gasteiger partial charge is 0.401 e. The second-order valence-corrected chi connectivity index (χ2v) is 9.51. The lowest BCUT2D eigenvalue weighted by atomic mass is 9.84. The summed E-state index contributed by atoms with van der Waals surface area (Å²) in [5, 5.41) is 13.1. The van der Waals surface area contributed by atoms with Gasteiger partial charge in [0.15, 0.2) is 0 Å². The Bertz CT molecular complexity index is 925. The molecule has 7 heteroatoms. The summed E-state index contributed by atoms with van der Waals surface area (Å²) < 4.78 is 40.4. The van der Waals surface area contributed by atoms with Crippen LogP contribution < -0.4 is 5.32 Å². The van der Waals surface area contributed by atoms with Crippen molar-refractivity contribution < 1.29 is 18.3 Å². The molecule has 4 nitrogen and oxygen atoms in total. The van der Waals surface area contributed by atoms with Crippen LogP contribution in [0.2, 0.25) is 0 Å². The van der Waals surface area contributed by atoms with Crippen LogP contribution in [0.25, 0.3) is 0 Å². The molecule has 1 saturated heterocycles. The van der Waals surface area contributed by atoms with Crippen LogP contribution in [-0.4, -0.2) is 59.3 Å². The fourth-order valence-electron chi connectivity index (χ4n) is 5.12. The van der Waals surface area contributed by atoms with Gasteiger partial charge in [0.2, 0.25) is 0 Å². The van der Waals surface area contributed by atoms with Crippen LogP contribution in [0, 0.1) is 0 Å². The molecule has 0 bridgehead atoms. The Morgan fingerprint density at radius 3 is 2.45 bits per heavy atom. The Hall–Kier alpha value is -2.09. The normalized spacial score (nSPS) is 22.1. The molecule has 180 valence electrons. The molecule has 2 aliphatic heterocycles. The van der Waals surface area contributed by atoms with Crippen LogP contribution in [0.4, 0.5) is 18.9 Å². The maximum Gasteiger partial charge on any atom is 0.401 e. The zero-order chi connectivity index (χ0) is 23.6. The average Bonchev–Trinajstić information content (AvgIpc) is 2.75. The summed E-state index contributed by atoms with van der Waals surface area (Å²) in [5.74, 6) is 0. The molecule has 0 aromatic heterocycles. The number of unbranched alkanes of at least 4 members (excludes halogenated alkanes) is 1. The molecule has 2 aromatic rings. The van der Waals surface area contributed by atoms with E-state index in [-0.39, 0.29) is 12.6 Å². The van der Waals surface area contributed by atoms with E-state index in [1.807, 2.05) is 49.4 Å². The van der Waals surface area contributed by atoms with E-state index in [1.54, 1.807) is 4.90 Å². The van der Waals surface area contributed by atoms with Gasteiger partial charge in [-0.3, -0.25) is 9.80 Å². The standard InChI is InChI=1S/C26H34F3N3O/c1-3-4-11-31-14-23(15-31)30-22-8-6-20(7-9-22)25-24-10-5-19(16-33)13-21(24)12-18(2)32(25)17-26(27,28)29/h5-10,13,18,23,25,30,33H,3-4,11-12,14-17H2,1-2H3/t18-,25-/m1/s1. The van der Waals surface area contributed by atoms with Crippen molar-refractivity contribution in [3.05, 3.63) is 64.7 Å². The molecule has 2 heterocycles. The maximum atomic E-state index is 13.5. The minimum atomic E-state index is -4.27. The zero-order valence-corrected chi connectivity index (χ0v) is 19.4. The summed E-state index contributed by atoms with van der Waals surface area (Å²) in [5.41, 5.74) is 4.55. The van der Waals surface area contributed by atoms with Gasteiger partial charge in [0.25, 0.3) is 0 Å². The van der Waals surface area contributed by atoms with Gasteiger partial charge in [0.05, 0.1) is 25.2 Å². The lowest BCUT2D eigenvalue weighted by Gasteiger charge is -2.43. The molecular weight excluding hydrogens is 427 g/mol. The van der Waals surface area contributed by atoms with Crippen molar-refractivity contribution in [1.82, 2.24) is 9.80 Å². The molecule has 0 unspecified atom stereocenters. The first-order valence-electron chi connectivity index (χ1n) is 11.9. The van der Waals surface area contributed by atoms with E-state index in [4.69, 9.17) is 0 Å². The Kier molecular flexibility index (Phi) is 7.31. The summed E-state index contributed by atoms with van der Waals surface area (Å²) in [6.07, 6.45) is -1.32. The Labute approximate surface area is 194 Å². The number of hydrogen-bond donors (Lipinski definition) is 2. The maximum absolute atomic E-state index is 13.5. The third kappa shape index (κ3) is 5.70. The minimum absolute atomic E-state index is 0.0734. The summed E-state index contributed by atoms with van der Waals surface area (Å²) >= 11 is 0. The van der Waals surface area contributed by atoms with E-state index >= 15 is 0 Å². The zero-order valence-electron chi connectivity index (χ0n) is 19.4. The van der Waals surface area contributed by atoms with Crippen molar-refractivity contribution in [1.29, 1.82) is 0 Å². The van der Waals surface area contributed by atoms with E-state index in [0.717, 1.165) is 47.6 Å². The highest BCUT2D eigenvalue weighted by atomic mass is 19.4. The number of fused-ring (bicyclic) bond motifs is 1. The summed E-state index contributed by atoms with van der Waals surface area (Å²) in [6.45, 7) is 6.23. The highest BCUT2D eigenvalue weighted by Gasteiger charge is 2.40. The highest BCUT2D eigenvalue weighted by molar-refractivity contribution is 5.49. The number of benzene rings is 2. The second-order valence-electron chi connectivity index (χ2n) is 9.51. The van der Waals surface area contributed by atoms with Crippen molar-refractivity contribution in [3.63, 3.8) is 0 Å². The van der Waals surface area contributed by atoms with Gasteiger partial charge < -0.3 is 10.4 Å². The molecule has 1 fully saturated rings. The Balaban J connectivity index is 1.54. The van der Waals surface area contributed by atoms with Gasteiger partial charge in [-0.2, -0.15) is 13.2 Å². The van der Waals surface area contributed by atoms with Crippen LogP contribution in [0.3, 0.4) is 0 Å². The molecule has 0 saturated carbocycles. The average molecular weight is 462 g/mol. The first kappa shape index (κ1) is 24.0. The number of likely N-dealkylation sites (tertiary alicyclic amines) is 1. The predicted molar refractivity (Wildman–Crippen MR) is 125 cm³/mol. The van der Waals surface area contributed by atoms with Gasteiger partial charge in [-0.1, -0.05) is 43.7 Å². The molecule has 2 aromatic carbocycles. The van der Waals surface area contributed by atoms with Gasteiger partial charge >= 0.3 is 6.18 Å². The summed E-state index contributed by atoms with van der Waals surface area (Å²) in [4.78, 5) is 3.99. The van der Waals surface area contributed by atoms with Gasteiger partial charge in [0, 0.05) is 24.8 Å². The number of alkyl halides is 3. The Morgan fingerprint density at radius 1 is 1.09 bits per heavy atom. The molecule has 4 rings (SSSR count). The van der Waals surface area contributed by atoms with Crippen molar-refractivity contribution in [2.75, 3.05) is 31.5 Å². The number of nitrogens with one attached hydrogen (secondary N) is 1. The first-order chi connectivity index (χ1) is 15.8. The molecule has 2 N–H and O–H groups in total. The van der Waals surface area contributed by atoms with Gasteiger partial charge in [-0.05, 0) is 60.7 Å². The van der Waals surface area contributed by atoms with Crippen LogP contribution in [0.15, 0.2) is 42.5 Å². The number of nitrogens with zero attached hydrogens (tertiary/aromatic N) is 2. The smallest absolute Gasteiger partial charge is 0.392 e.